The standard InChI is InChI=1S/C22H44N2O6.C14H26O4.C4H11NO2/c1-3-5-19(7-9-21(27)23-11-15-29-17-13-25)20(6-4-2)8-10-22(28)24-12-16-30-18-14-26;1-3-5-11(7-9-13(15)16)12(6-4-2)8-10-14(17)18;5-1-3-7-4-2-6/h19-20,25-26H,3-18H2,1-2H3,(H,23,27)(H,24,28);11-12H,3-10H2,1-2H3,(H,15,16)(H,17,18);6H,1-5H2. The maximum atomic E-state index is 12.1. The molecule has 0 heterocycles. The number of carbonyl (C=O) groups excluding carboxylic acids is 2. The van der Waals surface area contributed by atoms with Crippen LogP contribution in [0.25, 0.3) is 0 Å². The summed E-state index contributed by atoms with van der Waals surface area (Å²) in [7, 11) is 0. The van der Waals surface area contributed by atoms with Gasteiger partial charge in [-0.1, -0.05) is 79.1 Å². The average molecular weight is 796 g/mol. The number of carboxylic acid groups (broad SMARTS) is 2. The quantitative estimate of drug-likeness (QED) is 0.0416. The molecule has 15 nitrogen and oxygen atoms in total. The number of carboxylic acids is 2. The number of ether oxygens (including phenoxy) is 3. The molecule has 0 aromatic heterocycles. The van der Waals surface area contributed by atoms with Gasteiger partial charge < -0.3 is 56.1 Å². The fourth-order valence-corrected chi connectivity index (χ4v) is 6.48. The second-order valence-electron chi connectivity index (χ2n) is 13.6. The third-order valence-corrected chi connectivity index (χ3v) is 9.02. The molecule has 0 aliphatic carbocycles. The number of nitrogens with two attached hydrogens (primary N) is 1. The molecule has 0 saturated carbocycles. The van der Waals surface area contributed by atoms with Crippen molar-refractivity contribution in [3.63, 3.8) is 0 Å². The van der Waals surface area contributed by atoms with E-state index in [1.54, 1.807) is 0 Å². The van der Waals surface area contributed by atoms with E-state index in [-0.39, 0.29) is 57.7 Å². The molecule has 0 aliphatic rings. The van der Waals surface area contributed by atoms with Gasteiger partial charge in [0.05, 0.1) is 59.5 Å². The molecule has 0 saturated heterocycles. The second kappa shape index (κ2) is 44.3. The molecule has 15 heteroatoms. The van der Waals surface area contributed by atoms with E-state index >= 15 is 0 Å². The number of rotatable bonds is 36. The maximum Gasteiger partial charge on any atom is 0.303 e. The largest absolute Gasteiger partial charge is 0.481 e. The van der Waals surface area contributed by atoms with E-state index in [0.717, 1.165) is 64.2 Å². The minimum absolute atomic E-state index is 0.0129. The van der Waals surface area contributed by atoms with Gasteiger partial charge in [0.25, 0.3) is 0 Å². The smallest absolute Gasteiger partial charge is 0.303 e. The van der Waals surface area contributed by atoms with Crippen LogP contribution in [0.4, 0.5) is 0 Å². The Balaban J connectivity index is -0.000000907. The predicted molar refractivity (Wildman–Crippen MR) is 215 cm³/mol. The lowest BCUT2D eigenvalue weighted by Crippen LogP contribution is -2.29. The number of aliphatic hydroxyl groups is 3. The van der Waals surface area contributed by atoms with Crippen LogP contribution < -0.4 is 16.4 Å². The van der Waals surface area contributed by atoms with Gasteiger partial charge in [-0.05, 0) is 49.4 Å². The van der Waals surface area contributed by atoms with Gasteiger partial charge in [0.2, 0.25) is 11.8 Å². The van der Waals surface area contributed by atoms with Gasteiger partial charge in [0.15, 0.2) is 0 Å². The Kier molecular flexibility index (Phi) is 45.9. The molecule has 0 fully saturated rings. The van der Waals surface area contributed by atoms with Crippen LogP contribution >= 0.6 is 0 Å². The molecule has 0 aromatic carbocycles. The highest BCUT2D eigenvalue weighted by Crippen LogP contribution is 2.31. The Morgan fingerprint density at radius 2 is 0.764 bits per heavy atom. The van der Waals surface area contributed by atoms with E-state index < -0.39 is 11.9 Å². The number of nitrogens with one attached hydrogen (secondary N) is 2. The van der Waals surface area contributed by atoms with Crippen molar-refractivity contribution in [1.29, 1.82) is 0 Å². The van der Waals surface area contributed by atoms with E-state index in [1.165, 1.54) is 0 Å². The zero-order chi connectivity index (χ0) is 42.0. The lowest BCUT2D eigenvalue weighted by Gasteiger charge is -2.27. The van der Waals surface area contributed by atoms with Gasteiger partial charge in [-0.2, -0.15) is 0 Å². The first-order valence-electron chi connectivity index (χ1n) is 20.7. The first-order valence-corrected chi connectivity index (χ1v) is 20.7. The van der Waals surface area contributed by atoms with Crippen LogP contribution in [0, 0.1) is 23.7 Å². The summed E-state index contributed by atoms with van der Waals surface area (Å²) in [5.74, 6) is 0.114. The van der Waals surface area contributed by atoms with Crippen molar-refractivity contribution in [1.82, 2.24) is 10.6 Å². The molecule has 9 N–H and O–H groups in total. The van der Waals surface area contributed by atoms with Crippen molar-refractivity contribution in [2.75, 3.05) is 79.1 Å². The number of hydrogen-bond acceptors (Lipinski definition) is 11. The summed E-state index contributed by atoms with van der Waals surface area (Å²) in [6.07, 6.45) is 12.7. The van der Waals surface area contributed by atoms with E-state index in [0.29, 0.717) is 95.4 Å². The average Bonchev–Trinajstić information content (AvgIpc) is 3.15. The summed E-state index contributed by atoms with van der Waals surface area (Å²) in [6.45, 7) is 12.3. The molecule has 4 atom stereocenters. The minimum atomic E-state index is -0.760. The Morgan fingerprint density at radius 3 is 1.02 bits per heavy atom. The molecule has 0 aliphatic heterocycles. The van der Waals surface area contributed by atoms with Crippen molar-refractivity contribution in [3.8, 4) is 0 Å². The molecule has 4 unspecified atom stereocenters. The summed E-state index contributed by atoms with van der Waals surface area (Å²) in [4.78, 5) is 45.6. The molecule has 0 radical (unpaired) electrons. The van der Waals surface area contributed by atoms with E-state index in [4.69, 9.17) is 45.5 Å². The summed E-state index contributed by atoms with van der Waals surface area (Å²) in [6, 6.07) is 0. The van der Waals surface area contributed by atoms with Gasteiger partial charge in [0.1, 0.15) is 0 Å². The van der Waals surface area contributed by atoms with Gasteiger partial charge >= 0.3 is 11.9 Å². The molecule has 0 rings (SSSR count). The molecule has 2 amide bonds. The summed E-state index contributed by atoms with van der Waals surface area (Å²) in [5, 5.41) is 48.7. The second-order valence-corrected chi connectivity index (χ2v) is 13.6. The van der Waals surface area contributed by atoms with Crippen molar-refractivity contribution in [2.45, 2.75) is 130 Å². The van der Waals surface area contributed by atoms with Crippen LogP contribution in [0.5, 0.6) is 0 Å². The molecule has 0 spiro atoms. The zero-order valence-electron chi connectivity index (χ0n) is 34.8. The highest BCUT2D eigenvalue weighted by Gasteiger charge is 2.23. The maximum absolute atomic E-state index is 12.1. The number of aliphatic hydroxyl groups excluding tert-OH is 3. The van der Waals surface area contributed by atoms with E-state index in [2.05, 4.69) is 38.3 Å². The lowest BCUT2D eigenvalue weighted by molar-refractivity contribution is -0.139. The first kappa shape index (κ1) is 56.9. The minimum Gasteiger partial charge on any atom is -0.481 e. The summed E-state index contributed by atoms with van der Waals surface area (Å²) in [5.41, 5.74) is 5.06. The van der Waals surface area contributed by atoms with Gasteiger partial charge in [-0.15, -0.1) is 0 Å². The van der Waals surface area contributed by atoms with Crippen molar-refractivity contribution in [2.24, 2.45) is 29.4 Å². The Morgan fingerprint density at radius 1 is 0.473 bits per heavy atom. The van der Waals surface area contributed by atoms with Crippen molar-refractivity contribution in [3.05, 3.63) is 0 Å². The van der Waals surface area contributed by atoms with Crippen molar-refractivity contribution >= 4 is 23.8 Å². The summed E-state index contributed by atoms with van der Waals surface area (Å²) < 4.78 is 15.1. The molecular formula is C40H81N3O12. The van der Waals surface area contributed by atoms with Gasteiger partial charge in [-0.3, -0.25) is 19.2 Å². The van der Waals surface area contributed by atoms with Gasteiger partial charge in [0, 0.05) is 45.3 Å². The highest BCUT2D eigenvalue weighted by molar-refractivity contribution is 5.76. The number of hydrogen-bond donors (Lipinski definition) is 8. The van der Waals surface area contributed by atoms with E-state index in [1.807, 2.05) is 0 Å². The fourth-order valence-electron chi connectivity index (χ4n) is 6.48. The Bertz CT molecular complexity index is 816. The Hall–Kier alpha value is -2.40. The lowest BCUT2D eigenvalue weighted by atomic mass is 9.79. The third-order valence-electron chi connectivity index (χ3n) is 9.02. The predicted octanol–water partition coefficient (Wildman–Crippen LogP) is 4.13. The Labute approximate surface area is 331 Å². The van der Waals surface area contributed by atoms with Crippen LogP contribution in [-0.4, -0.2) is 128 Å². The molecule has 0 aromatic rings. The molecule has 55 heavy (non-hydrogen) atoms. The van der Waals surface area contributed by atoms with Crippen LogP contribution in [0.3, 0.4) is 0 Å². The molecule has 0 bridgehead atoms. The fraction of sp³-hybridized carbons (Fsp3) is 0.900. The number of carbonyl (C=O) groups is 4. The van der Waals surface area contributed by atoms with Crippen LogP contribution in [0.15, 0.2) is 0 Å². The molecule has 328 valence electrons. The number of amides is 2. The van der Waals surface area contributed by atoms with Crippen molar-refractivity contribution < 1.29 is 58.9 Å². The normalized spacial score (nSPS) is 12.9. The van der Waals surface area contributed by atoms with E-state index in [9.17, 15) is 19.2 Å². The monoisotopic (exact) mass is 796 g/mol. The van der Waals surface area contributed by atoms with Gasteiger partial charge in [-0.25, -0.2) is 0 Å². The zero-order valence-corrected chi connectivity index (χ0v) is 34.8. The SMILES string of the molecule is CCCC(CCC(=O)NCCOCCO)C(CCC)CCC(=O)NCCOCCO.CCCC(CCC(=O)O)C(CCC)CCC(=O)O.NCCOCCO. The van der Waals surface area contributed by atoms with Crippen LogP contribution in [0.2, 0.25) is 0 Å². The molecular weight excluding hydrogens is 714 g/mol. The third kappa shape index (κ3) is 41.1. The highest BCUT2D eigenvalue weighted by atomic mass is 16.5. The number of aliphatic carboxylic acids is 2. The van der Waals surface area contributed by atoms with Crippen LogP contribution in [0.1, 0.15) is 130 Å². The topological polar surface area (TPSA) is 247 Å². The van der Waals surface area contributed by atoms with Crippen LogP contribution in [-0.2, 0) is 33.4 Å². The summed E-state index contributed by atoms with van der Waals surface area (Å²) >= 11 is 0. The first-order chi connectivity index (χ1) is 26.5.